The van der Waals surface area contributed by atoms with Crippen molar-refractivity contribution < 1.29 is 13.9 Å². The van der Waals surface area contributed by atoms with Gasteiger partial charge in [0.25, 0.3) is 0 Å². The van der Waals surface area contributed by atoms with Gasteiger partial charge in [-0.1, -0.05) is 0 Å². The first-order chi connectivity index (χ1) is 6.18. The van der Waals surface area contributed by atoms with Crippen LogP contribution in [-0.4, -0.2) is 12.4 Å². The molecule has 0 saturated heterocycles. The normalized spacial score (nSPS) is 15.1. The van der Waals surface area contributed by atoms with E-state index in [1.165, 1.54) is 6.07 Å². The fourth-order valence-corrected chi connectivity index (χ4v) is 1.46. The lowest BCUT2D eigenvalue weighted by atomic mass is 10.0. The Labute approximate surface area is 75.3 Å². The molecule has 3 heteroatoms. The highest BCUT2D eigenvalue weighted by atomic mass is 19.1. The van der Waals surface area contributed by atoms with Crippen molar-refractivity contribution in [2.24, 2.45) is 0 Å². The number of Topliss-reactive ketones (excluding diaryl/α,β-unsaturated/α-hetero) is 1. The number of ketones is 1. The molecule has 0 bridgehead atoms. The van der Waals surface area contributed by atoms with Crippen LogP contribution in [0.4, 0.5) is 4.39 Å². The molecule has 68 valence electrons. The monoisotopic (exact) mass is 180 g/mol. The number of carbonyl (C=O) groups excluding carboxylic acids is 1. The van der Waals surface area contributed by atoms with Gasteiger partial charge in [0.05, 0.1) is 12.2 Å². The van der Waals surface area contributed by atoms with E-state index in [9.17, 15) is 9.18 Å². The average molecular weight is 180 g/mol. The van der Waals surface area contributed by atoms with Gasteiger partial charge < -0.3 is 4.74 Å². The van der Waals surface area contributed by atoms with E-state index in [1.54, 1.807) is 13.0 Å². The standard InChI is InChI=1S/C10H9FO2/c1-6-4-7-9(12)2-3-13-10(7)8(11)5-6/h4-5H,2-3H2,1H3. The molecule has 0 saturated carbocycles. The third-order valence-corrected chi connectivity index (χ3v) is 2.06. The summed E-state index contributed by atoms with van der Waals surface area (Å²) in [4.78, 5) is 11.3. The van der Waals surface area contributed by atoms with Crippen LogP contribution < -0.4 is 4.74 Å². The molecule has 0 aliphatic carbocycles. The van der Waals surface area contributed by atoms with Crippen molar-refractivity contribution in [3.63, 3.8) is 0 Å². The lowest BCUT2D eigenvalue weighted by Gasteiger charge is -2.16. The van der Waals surface area contributed by atoms with Crippen LogP contribution in [0.5, 0.6) is 5.75 Å². The van der Waals surface area contributed by atoms with Crippen molar-refractivity contribution in [2.45, 2.75) is 13.3 Å². The molecular weight excluding hydrogens is 171 g/mol. The molecule has 1 aromatic rings. The molecule has 2 rings (SSSR count). The molecule has 0 spiro atoms. The Kier molecular flexibility index (Phi) is 1.79. The van der Waals surface area contributed by atoms with Crippen LogP contribution in [0, 0.1) is 12.7 Å². The molecule has 0 unspecified atom stereocenters. The van der Waals surface area contributed by atoms with Gasteiger partial charge in [-0.3, -0.25) is 4.79 Å². The zero-order valence-corrected chi connectivity index (χ0v) is 7.26. The highest BCUT2D eigenvalue weighted by molar-refractivity contribution is 5.99. The molecule has 1 aromatic carbocycles. The van der Waals surface area contributed by atoms with Crippen molar-refractivity contribution in [3.8, 4) is 5.75 Å². The Morgan fingerprint density at radius 3 is 3.00 bits per heavy atom. The second-order valence-electron chi connectivity index (χ2n) is 3.15. The van der Waals surface area contributed by atoms with Crippen LogP contribution >= 0.6 is 0 Å². The Balaban J connectivity index is 2.63. The predicted octanol–water partition coefficient (Wildman–Crippen LogP) is 2.10. The maximum atomic E-state index is 13.2. The molecular formula is C10H9FO2. The first-order valence-corrected chi connectivity index (χ1v) is 4.14. The van der Waals surface area contributed by atoms with Gasteiger partial charge in [0.2, 0.25) is 0 Å². The number of ether oxygens (including phenoxy) is 1. The van der Waals surface area contributed by atoms with Crippen molar-refractivity contribution in [3.05, 3.63) is 29.1 Å². The average Bonchev–Trinajstić information content (AvgIpc) is 2.07. The number of benzene rings is 1. The van der Waals surface area contributed by atoms with Gasteiger partial charge in [0.15, 0.2) is 17.3 Å². The number of hydrogen-bond acceptors (Lipinski definition) is 2. The SMILES string of the molecule is Cc1cc(F)c2c(c1)C(=O)CCO2. The van der Waals surface area contributed by atoms with E-state index < -0.39 is 5.82 Å². The molecule has 0 radical (unpaired) electrons. The predicted molar refractivity (Wildman–Crippen MR) is 45.6 cm³/mol. The number of fused-ring (bicyclic) bond motifs is 1. The Bertz CT molecular complexity index is 371. The molecule has 0 aromatic heterocycles. The highest BCUT2D eigenvalue weighted by Crippen LogP contribution is 2.28. The summed E-state index contributed by atoms with van der Waals surface area (Å²) in [5.41, 5.74) is 1.12. The minimum Gasteiger partial charge on any atom is -0.489 e. The lowest BCUT2D eigenvalue weighted by molar-refractivity contribution is 0.0929. The van der Waals surface area contributed by atoms with Gasteiger partial charge in [-0.15, -0.1) is 0 Å². The van der Waals surface area contributed by atoms with E-state index in [1.807, 2.05) is 0 Å². The summed E-state index contributed by atoms with van der Waals surface area (Å²) >= 11 is 0. The lowest BCUT2D eigenvalue weighted by Crippen LogP contribution is -2.16. The first-order valence-electron chi connectivity index (χ1n) is 4.14. The molecule has 0 N–H and O–H groups in total. The number of aryl methyl sites for hydroxylation is 1. The second-order valence-corrected chi connectivity index (χ2v) is 3.15. The molecule has 0 fully saturated rings. The van der Waals surface area contributed by atoms with Gasteiger partial charge >= 0.3 is 0 Å². The molecule has 13 heavy (non-hydrogen) atoms. The third kappa shape index (κ3) is 1.30. The quantitative estimate of drug-likeness (QED) is 0.611. The maximum absolute atomic E-state index is 13.2. The largest absolute Gasteiger partial charge is 0.489 e. The van der Waals surface area contributed by atoms with E-state index in [2.05, 4.69) is 0 Å². The number of hydrogen-bond donors (Lipinski definition) is 0. The van der Waals surface area contributed by atoms with Crippen molar-refractivity contribution >= 4 is 5.78 Å². The van der Waals surface area contributed by atoms with E-state index in [-0.39, 0.29) is 18.1 Å². The van der Waals surface area contributed by atoms with Gasteiger partial charge in [0.1, 0.15) is 0 Å². The first kappa shape index (κ1) is 8.23. The van der Waals surface area contributed by atoms with E-state index >= 15 is 0 Å². The molecule has 0 amide bonds. The van der Waals surface area contributed by atoms with E-state index in [4.69, 9.17) is 4.74 Å². The third-order valence-electron chi connectivity index (χ3n) is 2.06. The molecule has 1 aliphatic heterocycles. The van der Waals surface area contributed by atoms with Crippen LogP contribution in [0.15, 0.2) is 12.1 Å². The zero-order chi connectivity index (χ0) is 9.42. The van der Waals surface area contributed by atoms with Gasteiger partial charge in [0, 0.05) is 6.42 Å². The minimum atomic E-state index is -0.442. The second kappa shape index (κ2) is 2.83. The number of halogens is 1. The molecule has 2 nitrogen and oxygen atoms in total. The van der Waals surface area contributed by atoms with E-state index in [0.29, 0.717) is 12.0 Å². The summed E-state index contributed by atoms with van der Waals surface area (Å²) in [5.74, 6) is -0.367. The van der Waals surface area contributed by atoms with Crippen molar-refractivity contribution in [1.82, 2.24) is 0 Å². The summed E-state index contributed by atoms with van der Waals surface area (Å²) in [6.07, 6.45) is 0.343. The topological polar surface area (TPSA) is 26.3 Å². The van der Waals surface area contributed by atoms with Gasteiger partial charge in [-0.25, -0.2) is 4.39 Å². The minimum absolute atomic E-state index is 0.0381. The number of rotatable bonds is 0. The zero-order valence-electron chi connectivity index (χ0n) is 7.26. The Hall–Kier alpha value is -1.38. The Morgan fingerprint density at radius 1 is 1.46 bits per heavy atom. The van der Waals surface area contributed by atoms with Crippen LogP contribution in [-0.2, 0) is 0 Å². The molecule has 0 atom stereocenters. The Morgan fingerprint density at radius 2 is 2.23 bits per heavy atom. The van der Waals surface area contributed by atoms with Crippen molar-refractivity contribution in [2.75, 3.05) is 6.61 Å². The van der Waals surface area contributed by atoms with Gasteiger partial charge in [-0.2, -0.15) is 0 Å². The van der Waals surface area contributed by atoms with Gasteiger partial charge in [-0.05, 0) is 24.6 Å². The molecule has 1 heterocycles. The van der Waals surface area contributed by atoms with Crippen LogP contribution in [0.2, 0.25) is 0 Å². The highest BCUT2D eigenvalue weighted by Gasteiger charge is 2.21. The summed E-state index contributed by atoms with van der Waals surface area (Å²) in [7, 11) is 0. The van der Waals surface area contributed by atoms with Crippen LogP contribution in [0.1, 0.15) is 22.3 Å². The maximum Gasteiger partial charge on any atom is 0.170 e. The van der Waals surface area contributed by atoms with Crippen LogP contribution in [0.25, 0.3) is 0 Å². The fraction of sp³-hybridized carbons (Fsp3) is 0.300. The summed E-state index contributed by atoms with van der Waals surface area (Å²) in [6.45, 7) is 2.04. The van der Waals surface area contributed by atoms with Crippen LogP contribution in [0.3, 0.4) is 0 Å². The summed E-state index contributed by atoms with van der Waals surface area (Å²) in [5, 5.41) is 0. The summed E-state index contributed by atoms with van der Waals surface area (Å²) in [6, 6.07) is 3.04. The number of carbonyl (C=O) groups is 1. The fourth-order valence-electron chi connectivity index (χ4n) is 1.46. The van der Waals surface area contributed by atoms with E-state index in [0.717, 1.165) is 5.56 Å². The molecule has 1 aliphatic rings. The smallest absolute Gasteiger partial charge is 0.170 e. The summed E-state index contributed by atoms with van der Waals surface area (Å²) < 4.78 is 18.3. The van der Waals surface area contributed by atoms with Crippen molar-refractivity contribution in [1.29, 1.82) is 0 Å².